The Hall–Kier alpha value is -1.39. The lowest BCUT2D eigenvalue weighted by atomic mass is 10.1. The lowest BCUT2D eigenvalue weighted by molar-refractivity contribution is -0.117. The van der Waals surface area contributed by atoms with Crippen molar-refractivity contribution in [3.63, 3.8) is 0 Å². The van der Waals surface area contributed by atoms with E-state index in [1.807, 2.05) is 54.8 Å². The highest BCUT2D eigenvalue weighted by atomic mass is 79.9. The highest BCUT2D eigenvalue weighted by molar-refractivity contribution is 9.10. The molecule has 2 rings (SSSR count). The van der Waals surface area contributed by atoms with E-state index in [0.717, 1.165) is 14.9 Å². The highest BCUT2D eigenvalue weighted by Gasteiger charge is 2.07. The third-order valence-electron chi connectivity index (χ3n) is 2.65. The van der Waals surface area contributed by atoms with E-state index in [0.29, 0.717) is 0 Å². The van der Waals surface area contributed by atoms with Crippen LogP contribution in [0, 0.1) is 0 Å². The van der Waals surface area contributed by atoms with Crippen molar-refractivity contribution in [2.24, 2.45) is 0 Å². The van der Waals surface area contributed by atoms with Crippen LogP contribution in [0.5, 0.6) is 0 Å². The number of benzene rings is 1. The quantitative estimate of drug-likeness (QED) is 0.824. The molecule has 1 atom stereocenters. The zero-order valence-corrected chi connectivity index (χ0v) is 12.9. The van der Waals surface area contributed by atoms with Crippen LogP contribution in [0.4, 0.5) is 0 Å². The molecule has 1 N–H and O–H groups in total. The molecule has 4 heteroatoms. The Morgan fingerprint density at radius 3 is 2.89 bits per heavy atom. The molecule has 0 spiro atoms. The lowest BCUT2D eigenvalue weighted by Crippen LogP contribution is -2.24. The van der Waals surface area contributed by atoms with Crippen LogP contribution >= 0.6 is 27.3 Å². The van der Waals surface area contributed by atoms with E-state index in [2.05, 4.69) is 21.2 Å². The monoisotopic (exact) mass is 335 g/mol. The fraction of sp³-hybridized carbons (Fsp3) is 0.133. The SMILES string of the molecule is CC(NC(=O)C=Cc1cccs1)c1cccc(Br)c1. The van der Waals surface area contributed by atoms with Crippen LogP contribution in [0.2, 0.25) is 0 Å². The number of hydrogen-bond acceptors (Lipinski definition) is 2. The number of halogens is 1. The van der Waals surface area contributed by atoms with Crippen molar-refractivity contribution in [2.75, 3.05) is 0 Å². The first kappa shape index (κ1) is 14.0. The molecule has 0 bridgehead atoms. The fourth-order valence-corrected chi connectivity index (χ4v) is 2.70. The second-order valence-corrected chi connectivity index (χ2v) is 6.03. The fourth-order valence-electron chi connectivity index (χ4n) is 1.66. The van der Waals surface area contributed by atoms with Crippen LogP contribution in [0.1, 0.15) is 23.4 Å². The third-order valence-corrected chi connectivity index (χ3v) is 3.98. The minimum atomic E-state index is -0.0825. The van der Waals surface area contributed by atoms with Crippen molar-refractivity contribution in [3.05, 3.63) is 62.8 Å². The van der Waals surface area contributed by atoms with Crippen molar-refractivity contribution in [1.29, 1.82) is 0 Å². The van der Waals surface area contributed by atoms with Crippen molar-refractivity contribution in [2.45, 2.75) is 13.0 Å². The zero-order chi connectivity index (χ0) is 13.7. The summed E-state index contributed by atoms with van der Waals surface area (Å²) in [5.41, 5.74) is 1.08. The van der Waals surface area contributed by atoms with E-state index >= 15 is 0 Å². The van der Waals surface area contributed by atoms with Crippen LogP contribution in [0.15, 0.2) is 52.3 Å². The molecule has 0 aliphatic carbocycles. The zero-order valence-electron chi connectivity index (χ0n) is 10.5. The number of nitrogens with one attached hydrogen (secondary N) is 1. The maximum absolute atomic E-state index is 11.8. The molecule has 0 radical (unpaired) electrons. The Balaban J connectivity index is 1.95. The molecule has 1 amide bonds. The molecule has 1 unspecified atom stereocenters. The van der Waals surface area contributed by atoms with E-state index < -0.39 is 0 Å². The topological polar surface area (TPSA) is 29.1 Å². The molecule has 1 aromatic heterocycles. The largest absolute Gasteiger partial charge is 0.346 e. The van der Waals surface area contributed by atoms with Gasteiger partial charge in [-0.1, -0.05) is 34.1 Å². The normalized spacial score (nSPS) is 12.5. The Bertz CT molecular complexity index is 578. The van der Waals surface area contributed by atoms with Crippen LogP contribution in [-0.2, 0) is 4.79 Å². The Kier molecular flexibility index (Phi) is 4.93. The second kappa shape index (κ2) is 6.68. The summed E-state index contributed by atoms with van der Waals surface area (Å²) in [5.74, 6) is -0.0825. The number of carbonyl (C=O) groups excluding carboxylic acids is 1. The van der Waals surface area contributed by atoms with Crippen LogP contribution in [-0.4, -0.2) is 5.91 Å². The van der Waals surface area contributed by atoms with Crippen molar-refractivity contribution >= 4 is 39.2 Å². The molecule has 0 saturated heterocycles. The van der Waals surface area contributed by atoms with Gasteiger partial charge in [0.25, 0.3) is 0 Å². The predicted octanol–water partition coefficient (Wildman–Crippen LogP) is 4.40. The van der Waals surface area contributed by atoms with Gasteiger partial charge in [0.1, 0.15) is 0 Å². The first-order valence-electron chi connectivity index (χ1n) is 5.93. The van der Waals surface area contributed by atoms with Gasteiger partial charge in [-0.15, -0.1) is 11.3 Å². The molecule has 2 nitrogen and oxygen atoms in total. The average molecular weight is 336 g/mol. The van der Waals surface area contributed by atoms with Gasteiger partial charge >= 0.3 is 0 Å². The maximum atomic E-state index is 11.8. The molecular weight excluding hydrogens is 322 g/mol. The summed E-state index contributed by atoms with van der Waals surface area (Å²) in [4.78, 5) is 12.9. The van der Waals surface area contributed by atoms with E-state index in [9.17, 15) is 4.79 Å². The standard InChI is InChI=1S/C15H14BrNOS/c1-11(12-4-2-5-13(16)10-12)17-15(18)8-7-14-6-3-9-19-14/h2-11H,1H3,(H,17,18). The van der Waals surface area contributed by atoms with Gasteiger partial charge in [0, 0.05) is 15.4 Å². The van der Waals surface area contributed by atoms with E-state index in [1.54, 1.807) is 17.4 Å². The van der Waals surface area contributed by atoms with Crippen LogP contribution < -0.4 is 5.32 Å². The summed E-state index contributed by atoms with van der Waals surface area (Å²) < 4.78 is 1.01. The van der Waals surface area contributed by atoms with Gasteiger partial charge in [0.05, 0.1) is 6.04 Å². The molecule has 0 fully saturated rings. The van der Waals surface area contributed by atoms with Crippen LogP contribution in [0.25, 0.3) is 6.08 Å². The second-order valence-electron chi connectivity index (χ2n) is 4.13. The molecular formula is C15H14BrNOS. The number of carbonyl (C=O) groups is 1. The molecule has 98 valence electrons. The molecule has 0 aliphatic rings. The minimum Gasteiger partial charge on any atom is -0.346 e. The van der Waals surface area contributed by atoms with E-state index in [4.69, 9.17) is 0 Å². The Morgan fingerprint density at radius 2 is 2.21 bits per heavy atom. The molecule has 1 aromatic carbocycles. The van der Waals surface area contributed by atoms with Gasteiger partial charge in [-0.05, 0) is 42.1 Å². The summed E-state index contributed by atoms with van der Waals surface area (Å²) in [6, 6.07) is 11.9. The van der Waals surface area contributed by atoms with E-state index in [-0.39, 0.29) is 11.9 Å². The predicted molar refractivity (Wildman–Crippen MR) is 84.1 cm³/mol. The number of hydrogen-bond donors (Lipinski definition) is 1. The smallest absolute Gasteiger partial charge is 0.244 e. The molecule has 0 aliphatic heterocycles. The summed E-state index contributed by atoms with van der Waals surface area (Å²) in [6.07, 6.45) is 3.40. The van der Waals surface area contributed by atoms with Gasteiger partial charge < -0.3 is 5.32 Å². The lowest BCUT2D eigenvalue weighted by Gasteiger charge is -2.13. The summed E-state index contributed by atoms with van der Waals surface area (Å²) in [5, 5.41) is 4.93. The first-order valence-corrected chi connectivity index (χ1v) is 7.60. The molecule has 1 heterocycles. The molecule has 0 saturated carbocycles. The highest BCUT2D eigenvalue weighted by Crippen LogP contribution is 2.18. The van der Waals surface area contributed by atoms with Gasteiger partial charge in [-0.2, -0.15) is 0 Å². The van der Waals surface area contributed by atoms with Crippen molar-refractivity contribution < 1.29 is 4.79 Å². The summed E-state index contributed by atoms with van der Waals surface area (Å²) >= 11 is 5.04. The van der Waals surface area contributed by atoms with Crippen molar-refractivity contribution in [3.8, 4) is 0 Å². The number of amides is 1. The van der Waals surface area contributed by atoms with E-state index in [1.165, 1.54) is 0 Å². The van der Waals surface area contributed by atoms with Crippen molar-refractivity contribution in [1.82, 2.24) is 5.32 Å². The Labute approximate surface area is 125 Å². The van der Waals surface area contributed by atoms with Gasteiger partial charge in [-0.3, -0.25) is 4.79 Å². The van der Waals surface area contributed by atoms with Gasteiger partial charge in [-0.25, -0.2) is 0 Å². The molecule has 2 aromatic rings. The van der Waals surface area contributed by atoms with Gasteiger partial charge in [0.15, 0.2) is 0 Å². The summed E-state index contributed by atoms with van der Waals surface area (Å²) in [7, 11) is 0. The average Bonchev–Trinajstić information content (AvgIpc) is 2.89. The first-order chi connectivity index (χ1) is 9.15. The maximum Gasteiger partial charge on any atom is 0.244 e. The number of thiophene rings is 1. The Morgan fingerprint density at radius 1 is 1.37 bits per heavy atom. The minimum absolute atomic E-state index is 0.0158. The molecule has 19 heavy (non-hydrogen) atoms. The number of rotatable bonds is 4. The summed E-state index contributed by atoms with van der Waals surface area (Å²) in [6.45, 7) is 1.97. The van der Waals surface area contributed by atoms with Gasteiger partial charge in [0.2, 0.25) is 5.91 Å². The van der Waals surface area contributed by atoms with Crippen LogP contribution in [0.3, 0.4) is 0 Å². The third kappa shape index (κ3) is 4.33.